The van der Waals surface area contributed by atoms with Crippen molar-refractivity contribution < 1.29 is 4.79 Å². The molecule has 3 aromatic rings. The van der Waals surface area contributed by atoms with E-state index in [2.05, 4.69) is 37.8 Å². The summed E-state index contributed by atoms with van der Waals surface area (Å²) in [7, 11) is 0. The molecule has 144 valence electrons. The van der Waals surface area contributed by atoms with Gasteiger partial charge in [0.15, 0.2) is 0 Å². The fraction of sp³-hybridized carbons (Fsp3) is 0.333. The summed E-state index contributed by atoms with van der Waals surface area (Å²) in [6, 6.07) is 15.9. The van der Waals surface area contributed by atoms with Crippen molar-refractivity contribution in [1.29, 1.82) is 0 Å². The summed E-state index contributed by atoms with van der Waals surface area (Å²) >= 11 is 0. The minimum Gasteiger partial charge on any atom is -0.372 e. The lowest BCUT2D eigenvalue weighted by atomic mass is 10.1. The van der Waals surface area contributed by atoms with Gasteiger partial charge in [0, 0.05) is 30.0 Å². The fourth-order valence-electron chi connectivity index (χ4n) is 3.37. The van der Waals surface area contributed by atoms with Gasteiger partial charge in [0.05, 0.1) is 0 Å². The van der Waals surface area contributed by atoms with Crippen molar-refractivity contribution in [1.82, 2.24) is 20.2 Å². The van der Waals surface area contributed by atoms with E-state index >= 15 is 0 Å². The maximum atomic E-state index is 12.3. The molecule has 1 amide bonds. The number of nitrogens with one attached hydrogen (secondary N) is 1. The van der Waals surface area contributed by atoms with Gasteiger partial charge < -0.3 is 10.2 Å². The normalized spacial score (nSPS) is 14.1. The maximum Gasteiger partial charge on any atom is 0.248 e. The van der Waals surface area contributed by atoms with Crippen LogP contribution in [0.1, 0.15) is 24.8 Å². The van der Waals surface area contributed by atoms with Crippen LogP contribution in [0.25, 0.3) is 11.4 Å². The first-order valence-corrected chi connectivity index (χ1v) is 9.67. The molecule has 0 atom stereocenters. The summed E-state index contributed by atoms with van der Waals surface area (Å²) in [6.07, 6.45) is 3.80. The van der Waals surface area contributed by atoms with Gasteiger partial charge in [-0.3, -0.25) is 4.79 Å². The number of carbonyl (C=O) groups is 1. The Kier molecular flexibility index (Phi) is 5.32. The predicted molar refractivity (Wildman–Crippen MR) is 109 cm³/mol. The van der Waals surface area contributed by atoms with Gasteiger partial charge >= 0.3 is 0 Å². The predicted octanol–water partition coefficient (Wildman–Crippen LogP) is 3.28. The molecule has 2 heterocycles. The van der Waals surface area contributed by atoms with Gasteiger partial charge in [0.25, 0.3) is 0 Å². The topological polar surface area (TPSA) is 75.9 Å². The van der Waals surface area contributed by atoms with Crippen LogP contribution in [-0.2, 0) is 11.3 Å². The van der Waals surface area contributed by atoms with Gasteiger partial charge in [-0.15, -0.1) is 10.2 Å². The van der Waals surface area contributed by atoms with E-state index in [0.717, 1.165) is 24.3 Å². The zero-order valence-electron chi connectivity index (χ0n) is 16.0. The Labute approximate surface area is 164 Å². The fourth-order valence-corrected chi connectivity index (χ4v) is 3.37. The number of hydrogen-bond donors (Lipinski definition) is 1. The second-order valence-electron chi connectivity index (χ2n) is 7.15. The highest BCUT2D eigenvalue weighted by molar-refractivity contribution is 5.90. The molecule has 0 saturated carbocycles. The Hall–Kier alpha value is -3.22. The SMILES string of the molecule is Cc1ccc(-c2nnn(CC(=O)Nc3ccc(N4CCCCC4)cc3)n2)cc1. The van der Waals surface area contributed by atoms with Crippen LogP contribution in [0.15, 0.2) is 48.5 Å². The van der Waals surface area contributed by atoms with Crippen molar-refractivity contribution in [2.24, 2.45) is 0 Å². The van der Waals surface area contributed by atoms with E-state index in [0.29, 0.717) is 5.82 Å². The van der Waals surface area contributed by atoms with E-state index in [9.17, 15) is 4.79 Å². The van der Waals surface area contributed by atoms with Gasteiger partial charge in [0.2, 0.25) is 11.7 Å². The van der Waals surface area contributed by atoms with E-state index in [-0.39, 0.29) is 12.5 Å². The lowest BCUT2D eigenvalue weighted by Gasteiger charge is -2.28. The van der Waals surface area contributed by atoms with E-state index < -0.39 is 0 Å². The first-order valence-electron chi connectivity index (χ1n) is 9.67. The molecule has 28 heavy (non-hydrogen) atoms. The van der Waals surface area contributed by atoms with Crippen molar-refractivity contribution in [3.05, 3.63) is 54.1 Å². The van der Waals surface area contributed by atoms with Crippen LogP contribution in [0.4, 0.5) is 11.4 Å². The zero-order chi connectivity index (χ0) is 19.3. The molecule has 7 heteroatoms. The summed E-state index contributed by atoms with van der Waals surface area (Å²) < 4.78 is 0. The molecule has 1 saturated heterocycles. The first kappa shape index (κ1) is 18.2. The number of benzene rings is 2. The highest BCUT2D eigenvalue weighted by Crippen LogP contribution is 2.21. The van der Waals surface area contributed by atoms with E-state index in [1.807, 2.05) is 43.3 Å². The summed E-state index contributed by atoms with van der Waals surface area (Å²) in [5.74, 6) is 0.331. The quantitative estimate of drug-likeness (QED) is 0.740. The Morgan fingerprint density at radius 3 is 2.43 bits per heavy atom. The van der Waals surface area contributed by atoms with Crippen LogP contribution in [0, 0.1) is 6.92 Å². The molecule has 0 bridgehead atoms. The zero-order valence-corrected chi connectivity index (χ0v) is 16.0. The average Bonchev–Trinajstić information content (AvgIpc) is 3.18. The minimum atomic E-state index is -0.182. The third-order valence-electron chi connectivity index (χ3n) is 4.92. The summed E-state index contributed by atoms with van der Waals surface area (Å²) in [6.45, 7) is 4.25. The average molecular weight is 376 g/mol. The molecule has 1 aliphatic heterocycles. The monoisotopic (exact) mass is 376 g/mol. The van der Waals surface area contributed by atoms with Crippen LogP contribution >= 0.6 is 0 Å². The van der Waals surface area contributed by atoms with E-state index in [1.165, 1.54) is 35.3 Å². The van der Waals surface area contributed by atoms with Crippen molar-refractivity contribution in [3.63, 3.8) is 0 Å². The second-order valence-corrected chi connectivity index (χ2v) is 7.15. The van der Waals surface area contributed by atoms with Crippen LogP contribution in [0.3, 0.4) is 0 Å². The first-order chi connectivity index (χ1) is 13.7. The van der Waals surface area contributed by atoms with Crippen LogP contribution in [0.2, 0.25) is 0 Å². The number of piperidine rings is 1. The number of hydrogen-bond acceptors (Lipinski definition) is 5. The lowest BCUT2D eigenvalue weighted by Crippen LogP contribution is -2.29. The van der Waals surface area contributed by atoms with Gasteiger partial charge in [-0.05, 0) is 55.7 Å². The van der Waals surface area contributed by atoms with Crippen molar-refractivity contribution >= 4 is 17.3 Å². The molecule has 1 aliphatic rings. The number of rotatable bonds is 5. The van der Waals surface area contributed by atoms with Crippen LogP contribution in [0.5, 0.6) is 0 Å². The second kappa shape index (κ2) is 8.21. The number of anilines is 2. The number of carbonyl (C=O) groups excluding carboxylic acids is 1. The molecular formula is C21H24N6O. The number of amides is 1. The maximum absolute atomic E-state index is 12.3. The van der Waals surface area contributed by atoms with Gasteiger partial charge in [-0.1, -0.05) is 29.8 Å². The smallest absolute Gasteiger partial charge is 0.248 e. The van der Waals surface area contributed by atoms with Crippen molar-refractivity contribution in [2.75, 3.05) is 23.3 Å². The summed E-state index contributed by atoms with van der Waals surface area (Å²) in [5.41, 5.74) is 4.02. The molecule has 0 radical (unpaired) electrons. The molecule has 1 N–H and O–H groups in total. The van der Waals surface area contributed by atoms with Gasteiger partial charge in [0.1, 0.15) is 6.54 Å². The highest BCUT2D eigenvalue weighted by Gasteiger charge is 2.12. The van der Waals surface area contributed by atoms with Crippen LogP contribution in [-0.4, -0.2) is 39.2 Å². The summed E-state index contributed by atoms with van der Waals surface area (Å²) in [5, 5.41) is 15.2. The van der Waals surface area contributed by atoms with Crippen molar-refractivity contribution in [3.8, 4) is 11.4 Å². The van der Waals surface area contributed by atoms with Gasteiger partial charge in [-0.2, -0.15) is 4.80 Å². The van der Waals surface area contributed by atoms with Gasteiger partial charge in [-0.25, -0.2) is 0 Å². The summed E-state index contributed by atoms with van der Waals surface area (Å²) in [4.78, 5) is 16.0. The minimum absolute atomic E-state index is 0.0206. The molecule has 0 aliphatic carbocycles. The molecule has 7 nitrogen and oxygen atoms in total. The largest absolute Gasteiger partial charge is 0.372 e. The lowest BCUT2D eigenvalue weighted by molar-refractivity contribution is -0.117. The van der Waals surface area contributed by atoms with E-state index in [1.54, 1.807) is 0 Å². The Morgan fingerprint density at radius 1 is 1.00 bits per heavy atom. The number of tetrazole rings is 1. The third kappa shape index (κ3) is 4.36. The Morgan fingerprint density at radius 2 is 1.71 bits per heavy atom. The molecule has 0 unspecified atom stereocenters. The Bertz CT molecular complexity index is 926. The number of aryl methyl sites for hydroxylation is 1. The molecule has 1 aromatic heterocycles. The van der Waals surface area contributed by atoms with Crippen LogP contribution < -0.4 is 10.2 Å². The molecule has 1 fully saturated rings. The highest BCUT2D eigenvalue weighted by atomic mass is 16.2. The number of nitrogens with zero attached hydrogens (tertiary/aromatic N) is 5. The molecule has 2 aromatic carbocycles. The van der Waals surface area contributed by atoms with E-state index in [4.69, 9.17) is 0 Å². The standard InChI is InChI=1S/C21H24N6O/c1-16-5-7-17(8-6-16)21-23-25-27(24-21)15-20(28)22-18-9-11-19(12-10-18)26-13-3-2-4-14-26/h5-12H,2-4,13-15H2,1H3,(H,22,28). The Balaban J connectivity index is 1.35. The molecule has 0 spiro atoms. The number of aromatic nitrogens is 4. The molecule has 4 rings (SSSR count). The third-order valence-corrected chi connectivity index (χ3v) is 4.92. The van der Waals surface area contributed by atoms with Crippen molar-refractivity contribution in [2.45, 2.75) is 32.7 Å². The molecular weight excluding hydrogens is 352 g/mol.